The third-order valence-corrected chi connectivity index (χ3v) is 2.88. The normalized spacial score (nSPS) is 10.6. The highest BCUT2D eigenvalue weighted by molar-refractivity contribution is 14.1. The van der Waals surface area contributed by atoms with Crippen LogP contribution in [-0.2, 0) is 0 Å². The van der Waals surface area contributed by atoms with E-state index in [1.807, 2.05) is 12.1 Å². The molecule has 1 rings (SSSR count). The predicted octanol–water partition coefficient (Wildman–Crippen LogP) is 4.08. The monoisotopic (exact) mass is 310 g/mol. The van der Waals surface area contributed by atoms with E-state index in [1.165, 1.54) is 5.56 Å². The Morgan fingerprint density at radius 2 is 2.00 bits per heavy atom. The summed E-state index contributed by atoms with van der Waals surface area (Å²) in [4.78, 5) is 0. The zero-order valence-corrected chi connectivity index (χ0v) is 10.8. The summed E-state index contributed by atoms with van der Waals surface area (Å²) in [6.45, 7) is 4.26. The van der Waals surface area contributed by atoms with Gasteiger partial charge in [0.15, 0.2) is 0 Å². The van der Waals surface area contributed by atoms with Crippen molar-refractivity contribution in [2.24, 2.45) is 0 Å². The number of ether oxygens (including phenoxy) is 1. The van der Waals surface area contributed by atoms with E-state index < -0.39 is 0 Å². The van der Waals surface area contributed by atoms with Gasteiger partial charge in [-0.15, -0.1) is 0 Å². The van der Waals surface area contributed by atoms with E-state index in [4.69, 9.17) is 16.3 Å². The van der Waals surface area contributed by atoms with Crippen molar-refractivity contribution in [2.75, 3.05) is 7.11 Å². The Kier molecular flexibility index (Phi) is 3.86. The molecule has 0 fully saturated rings. The third-order valence-electron chi connectivity index (χ3n) is 1.86. The van der Waals surface area contributed by atoms with Gasteiger partial charge < -0.3 is 4.74 Å². The molecule has 0 radical (unpaired) electrons. The van der Waals surface area contributed by atoms with Crippen LogP contribution < -0.4 is 4.74 Å². The van der Waals surface area contributed by atoms with Crippen LogP contribution in [0.25, 0.3) is 0 Å². The second kappa shape index (κ2) is 4.51. The second-order valence-electron chi connectivity index (χ2n) is 3.16. The van der Waals surface area contributed by atoms with Crippen LogP contribution in [0, 0.1) is 3.57 Å². The van der Waals surface area contributed by atoms with E-state index in [1.54, 1.807) is 7.11 Å². The minimum Gasteiger partial charge on any atom is -0.495 e. The maximum Gasteiger partial charge on any atom is 0.135 e. The Labute approximate surface area is 97.6 Å². The van der Waals surface area contributed by atoms with E-state index in [-0.39, 0.29) is 0 Å². The first-order chi connectivity index (χ1) is 6.06. The van der Waals surface area contributed by atoms with Crippen LogP contribution in [0.1, 0.15) is 25.3 Å². The summed E-state index contributed by atoms with van der Waals surface area (Å²) >= 11 is 8.20. The molecule has 0 aromatic heterocycles. The molecule has 0 heterocycles. The summed E-state index contributed by atoms with van der Waals surface area (Å²) in [5, 5.41) is 0.772. The van der Waals surface area contributed by atoms with E-state index in [2.05, 4.69) is 36.4 Å². The zero-order chi connectivity index (χ0) is 10.0. The first-order valence-corrected chi connectivity index (χ1v) is 5.55. The number of benzene rings is 1. The summed E-state index contributed by atoms with van der Waals surface area (Å²) in [5.74, 6) is 1.38. The lowest BCUT2D eigenvalue weighted by molar-refractivity contribution is 0.404. The van der Waals surface area contributed by atoms with Gasteiger partial charge in [-0.25, -0.2) is 0 Å². The lowest BCUT2D eigenvalue weighted by atomic mass is 10.0. The molecule has 0 unspecified atom stereocenters. The Morgan fingerprint density at radius 1 is 1.38 bits per heavy atom. The summed E-state index contributed by atoms with van der Waals surface area (Å²) in [6, 6.07) is 3.88. The SMILES string of the molecule is COc1c(I)cc(Cl)cc1C(C)C. The number of rotatable bonds is 2. The fourth-order valence-electron chi connectivity index (χ4n) is 1.22. The highest BCUT2D eigenvalue weighted by atomic mass is 127. The molecule has 1 aromatic carbocycles. The van der Waals surface area contributed by atoms with Gasteiger partial charge in [-0.1, -0.05) is 25.4 Å². The van der Waals surface area contributed by atoms with E-state index in [0.717, 1.165) is 14.3 Å². The van der Waals surface area contributed by atoms with Crippen molar-refractivity contribution >= 4 is 34.2 Å². The molecule has 0 spiro atoms. The molecule has 0 aliphatic carbocycles. The molecule has 72 valence electrons. The average Bonchev–Trinajstić information content (AvgIpc) is 2.02. The van der Waals surface area contributed by atoms with E-state index in [0.29, 0.717) is 5.92 Å². The van der Waals surface area contributed by atoms with Gasteiger partial charge in [-0.2, -0.15) is 0 Å². The zero-order valence-electron chi connectivity index (χ0n) is 7.90. The van der Waals surface area contributed by atoms with Crippen molar-refractivity contribution in [1.82, 2.24) is 0 Å². The highest BCUT2D eigenvalue weighted by Crippen LogP contribution is 2.33. The van der Waals surface area contributed by atoms with Gasteiger partial charge in [0.1, 0.15) is 5.75 Å². The number of halogens is 2. The van der Waals surface area contributed by atoms with Crippen LogP contribution in [-0.4, -0.2) is 7.11 Å². The first kappa shape index (κ1) is 11.1. The summed E-state index contributed by atoms with van der Waals surface area (Å²) in [5.41, 5.74) is 1.17. The quantitative estimate of drug-likeness (QED) is 0.748. The van der Waals surface area contributed by atoms with Crippen LogP contribution in [0.5, 0.6) is 5.75 Å². The summed E-state index contributed by atoms with van der Waals surface area (Å²) < 4.78 is 6.39. The Morgan fingerprint density at radius 3 is 2.46 bits per heavy atom. The number of hydrogen-bond acceptors (Lipinski definition) is 1. The van der Waals surface area contributed by atoms with Crippen LogP contribution in [0.3, 0.4) is 0 Å². The minimum atomic E-state index is 0.433. The van der Waals surface area contributed by atoms with Crippen LogP contribution in [0.15, 0.2) is 12.1 Å². The maximum atomic E-state index is 5.96. The highest BCUT2D eigenvalue weighted by Gasteiger charge is 2.11. The van der Waals surface area contributed by atoms with E-state index in [9.17, 15) is 0 Å². The molecule has 13 heavy (non-hydrogen) atoms. The van der Waals surface area contributed by atoms with Crippen molar-refractivity contribution in [3.05, 3.63) is 26.3 Å². The van der Waals surface area contributed by atoms with Gasteiger partial charge in [0.05, 0.1) is 10.7 Å². The van der Waals surface area contributed by atoms with Crippen molar-refractivity contribution in [3.8, 4) is 5.75 Å². The van der Waals surface area contributed by atoms with Gasteiger partial charge in [0, 0.05) is 5.02 Å². The van der Waals surface area contributed by atoms with Crippen LogP contribution in [0.2, 0.25) is 5.02 Å². The molecule has 0 saturated heterocycles. The molecule has 0 aliphatic heterocycles. The molecule has 0 amide bonds. The molecule has 0 bridgehead atoms. The molecule has 1 aromatic rings. The second-order valence-corrected chi connectivity index (χ2v) is 4.76. The van der Waals surface area contributed by atoms with Gasteiger partial charge in [0.2, 0.25) is 0 Å². The molecule has 0 saturated carbocycles. The topological polar surface area (TPSA) is 9.23 Å². The summed E-state index contributed by atoms with van der Waals surface area (Å²) in [6.07, 6.45) is 0. The molecule has 3 heteroatoms. The number of hydrogen-bond donors (Lipinski definition) is 0. The van der Waals surface area contributed by atoms with Crippen LogP contribution in [0.4, 0.5) is 0 Å². The first-order valence-electron chi connectivity index (χ1n) is 4.09. The van der Waals surface area contributed by atoms with Gasteiger partial charge in [-0.05, 0) is 46.2 Å². The smallest absolute Gasteiger partial charge is 0.135 e. The molecular weight excluding hydrogens is 298 g/mol. The predicted molar refractivity (Wildman–Crippen MR) is 64.8 cm³/mol. The molecule has 0 atom stereocenters. The van der Waals surface area contributed by atoms with Crippen molar-refractivity contribution in [2.45, 2.75) is 19.8 Å². The van der Waals surface area contributed by atoms with Crippen LogP contribution >= 0.6 is 34.2 Å². The lowest BCUT2D eigenvalue weighted by Gasteiger charge is -2.13. The summed E-state index contributed by atoms with van der Waals surface area (Å²) in [7, 11) is 1.69. The van der Waals surface area contributed by atoms with E-state index >= 15 is 0 Å². The lowest BCUT2D eigenvalue weighted by Crippen LogP contribution is -1.96. The minimum absolute atomic E-state index is 0.433. The molecular formula is C10H12ClIO. The molecule has 0 aliphatic rings. The van der Waals surface area contributed by atoms with Gasteiger partial charge >= 0.3 is 0 Å². The van der Waals surface area contributed by atoms with Gasteiger partial charge in [-0.3, -0.25) is 0 Å². The third kappa shape index (κ3) is 2.50. The Bertz CT molecular complexity index is 310. The molecule has 0 N–H and O–H groups in total. The van der Waals surface area contributed by atoms with Crippen molar-refractivity contribution in [3.63, 3.8) is 0 Å². The van der Waals surface area contributed by atoms with Crippen molar-refractivity contribution in [1.29, 1.82) is 0 Å². The standard InChI is InChI=1S/C10H12ClIO/c1-6(2)8-4-7(11)5-9(12)10(8)13-3/h4-6H,1-3H3. The average molecular weight is 311 g/mol. The Balaban J connectivity index is 3.29. The maximum absolute atomic E-state index is 5.96. The fraction of sp³-hybridized carbons (Fsp3) is 0.400. The fourth-order valence-corrected chi connectivity index (χ4v) is 2.50. The van der Waals surface area contributed by atoms with Crippen molar-refractivity contribution < 1.29 is 4.74 Å². The number of methoxy groups -OCH3 is 1. The van der Waals surface area contributed by atoms with Gasteiger partial charge in [0.25, 0.3) is 0 Å². The largest absolute Gasteiger partial charge is 0.495 e. The molecule has 1 nitrogen and oxygen atoms in total. The Hall–Kier alpha value is 0.0400.